The molecule has 0 aliphatic rings. The number of fused-ring (bicyclic) bond motifs is 10. The van der Waals surface area contributed by atoms with Gasteiger partial charge in [0.2, 0.25) is 0 Å². The van der Waals surface area contributed by atoms with Gasteiger partial charge in [0.15, 0.2) is 5.75 Å². The summed E-state index contributed by atoms with van der Waals surface area (Å²) < 4.78 is 0. The number of carbonyl (C=O) groups excluding carboxylic acids is 1. The highest BCUT2D eigenvalue weighted by Crippen LogP contribution is 2.47. The summed E-state index contributed by atoms with van der Waals surface area (Å²) in [4.78, 5) is 29.7. The normalized spacial score (nSPS) is 11.7. The second kappa shape index (κ2) is 25.5. The molecule has 14 nitrogen and oxygen atoms in total. The minimum Gasteiger partial charge on any atom is -0.505 e. The number of hydrogen-bond donors (Lipinski definition) is 7. The maximum atomic E-state index is 14.3. The summed E-state index contributed by atoms with van der Waals surface area (Å²) in [5.74, 6) is -0.806. The molecule has 0 saturated heterocycles. The first-order valence-electron chi connectivity index (χ1n) is 31.3. The molecule has 15 rings (SSSR count). The quantitative estimate of drug-likeness (QED) is 0.0310. The van der Waals surface area contributed by atoms with Gasteiger partial charge >= 0.3 is 0 Å². The van der Waals surface area contributed by atoms with Gasteiger partial charge in [-0.15, -0.1) is 10.2 Å². The van der Waals surface area contributed by atoms with E-state index in [9.17, 15) is 15.0 Å². The minimum atomic E-state index is -0.485. The molecular weight excluding hydrogens is 1160 g/mol. The highest BCUT2D eigenvalue weighted by molar-refractivity contribution is 6.23. The van der Waals surface area contributed by atoms with Crippen molar-refractivity contribution >= 4 is 134 Å². The molecular formula is C80H62N10O4. The molecule has 0 aliphatic carbocycles. The number of rotatable bonds is 19. The molecule has 13 aromatic carbocycles. The van der Waals surface area contributed by atoms with Crippen molar-refractivity contribution in [1.29, 1.82) is 0 Å². The molecule has 0 fully saturated rings. The predicted octanol–water partition coefficient (Wildman–Crippen LogP) is 21.9. The number of aromatic nitrogens is 2. The third-order valence-corrected chi connectivity index (χ3v) is 17.3. The van der Waals surface area contributed by atoms with Gasteiger partial charge in [-0.3, -0.25) is 15.1 Å². The van der Waals surface area contributed by atoms with Gasteiger partial charge in [0, 0.05) is 83.0 Å². The lowest BCUT2D eigenvalue weighted by molar-refractivity contribution is 0.102. The zero-order valence-electron chi connectivity index (χ0n) is 51.2. The van der Waals surface area contributed by atoms with Crippen LogP contribution in [0.1, 0.15) is 39.5 Å². The summed E-state index contributed by atoms with van der Waals surface area (Å²) in [6, 6.07) is 88.1. The molecule has 1 amide bonds. The van der Waals surface area contributed by atoms with E-state index in [0.717, 1.165) is 119 Å². The Kier molecular flexibility index (Phi) is 15.7. The minimum absolute atomic E-state index is 0.0264. The van der Waals surface area contributed by atoms with E-state index in [1.807, 2.05) is 164 Å². The van der Waals surface area contributed by atoms with Crippen LogP contribution in [-0.4, -0.2) is 26.1 Å². The first-order chi connectivity index (χ1) is 46.3. The number of azo groups is 2. The Morgan fingerprint density at radius 2 is 0.936 bits per heavy atom. The average Bonchev–Trinajstić information content (AvgIpc) is 1.55. The number of benzene rings is 13. The Morgan fingerprint density at radius 1 is 0.457 bits per heavy atom. The van der Waals surface area contributed by atoms with E-state index in [2.05, 4.69) is 145 Å². The molecule has 14 heteroatoms. The van der Waals surface area contributed by atoms with E-state index in [-0.39, 0.29) is 29.4 Å². The first-order valence-corrected chi connectivity index (χ1v) is 31.3. The summed E-state index contributed by atoms with van der Waals surface area (Å²) in [5, 5.41) is 56.4. The van der Waals surface area contributed by atoms with Crippen LogP contribution in [0.4, 0.5) is 62.6 Å². The van der Waals surface area contributed by atoms with E-state index < -0.39 is 5.91 Å². The monoisotopic (exact) mass is 1230 g/mol. The van der Waals surface area contributed by atoms with Crippen molar-refractivity contribution < 1.29 is 19.8 Å². The number of aromatic hydroxyl groups is 2. The van der Waals surface area contributed by atoms with E-state index in [0.29, 0.717) is 39.1 Å². The van der Waals surface area contributed by atoms with E-state index in [4.69, 9.17) is 15.1 Å². The van der Waals surface area contributed by atoms with Crippen LogP contribution in [0.5, 0.6) is 11.5 Å². The van der Waals surface area contributed by atoms with Crippen LogP contribution >= 0.6 is 0 Å². The van der Waals surface area contributed by atoms with Crippen molar-refractivity contribution in [3.63, 3.8) is 0 Å². The van der Waals surface area contributed by atoms with Crippen LogP contribution in [0.2, 0.25) is 0 Å². The van der Waals surface area contributed by atoms with Crippen LogP contribution in [0, 0.1) is 0 Å². The number of anilines is 7. The number of phenols is 2. The molecule has 2 aromatic heterocycles. The Morgan fingerprint density at radius 3 is 1.50 bits per heavy atom. The van der Waals surface area contributed by atoms with Gasteiger partial charge in [0.1, 0.15) is 23.7 Å². The Balaban J connectivity index is 0.645. The number of phenolic OH excluding ortho intramolecular Hbond substituents is 2. The SMILES string of the molecule is CCc1ccccc1NOCc1cc2ccc3c4ccccc4[nH]c3c2c(N=Nc2ccc(Nc3ccc(N=Nc4c(O)c(C(=O)Nc5ccc(CCc6ccc(N(c7ccccc7)c7ccccc7)cc6)cc5)cc5ccc6c7ccccc7[nH]c6c45)cc3)cc2)c1O. The largest absolute Gasteiger partial charge is 0.505 e. The molecule has 0 atom stereocenters. The lowest BCUT2D eigenvalue weighted by Gasteiger charge is -2.25. The number of nitrogens with zero attached hydrogens (tertiary/aromatic N) is 5. The van der Waals surface area contributed by atoms with Crippen molar-refractivity contribution in [3.8, 4) is 11.5 Å². The molecule has 0 saturated carbocycles. The first kappa shape index (κ1) is 58.0. The average molecular weight is 1230 g/mol. The van der Waals surface area contributed by atoms with Gasteiger partial charge < -0.3 is 35.7 Å². The summed E-state index contributed by atoms with van der Waals surface area (Å²) in [5.41, 5.74) is 18.6. The van der Waals surface area contributed by atoms with E-state index in [1.165, 1.54) is 5.56 Å². The zero-order chi connectivity index (χ0) is 63.5. The zero-order valence-corrected chi connectivity index (χ0v) is 51.2. The maximum absolute atomic E-state index is 14.3. The van der Waals surface area contributed by atoms with Gasteiger partial charge in [-0.05, 0) is 174 Å². The van der Waals surface area contributed by atoms with Gasteiger partial charge in [-0.1, -0.05) is 146 Å². The highest BCUT2D eigenvalue weighted by Gasteiger charge is 2.23. The number of aromatic amines is 2. The fourth-order valence-electron chi connectivity index (χ4n) is 12.5. The molecule has 0 spiro atoms. The van der Waals surface area contributed by atoms with Crippen LogP contribution in [0.25, 0.3) is 65.2 Å². The molecule has 15 aromatic rings. The molecule has 94 heavy (non-hydrogen) atoms. The van der Waals surface area contributed by atoms with Crippen molar-refractivity contribution in [2.24, 2.45) is 20.5 Å². The second-order valence-electron chi connectivity index (χ2n) is 23.2. The Hall–Kier alpha value is -12.4. The smallest absolute Gasteiger partial charge is 0.259 e. The third kappa shape index (κ3) is 11.6. The number of hydrogen-bond acceptors (Lipinski definition) is 11. The molecule has 0 bridgehead atoms. The molecule has 0 aliphatic heterocycles. The highest BCUT2D eigenvalue weighted by atomic mass is 16.6. The number of nitrogens with one attached hydrogen (secondary N) is 5. The standard InChI is InChI=1S/C80H62N10O4/c1-2-52-15-9-12-22-69(52)89-94-49-55-47-53-31-45-66-64-20-10-13-23-70(64)83-74(66)72(53)76(78(55)91)87-85-59-39-35-56(36-40-59)81-57-37-41-60(42-38-57)86-88-77-73-54(32-46-67-65-21-11-14-24-71(65)84-75(67)73)48-68(79(77)92)80(93)82-58-33-27-50(28-34-58)25-26-51-29-43-63(44-30-51)90(61-16-5-3-6-17-61)62-18-7-4-8-19-62/h3-24,27-48,81,83-84,89,91-92H,2,25-26,49H2,1H3,(H,82,93). The topological polar surface area (TPSA) is 187 Å². The summed E-state index contributed by atoms with van der Waals surface area (Å²) in [6.07, 6.45) is 2.49. The predicted molar refractivity (Wildman–Crippen MR) is 382 cm³/mol. The lowest BCUT2D eigenvalue weighted by atomic mass is 10.00. The molecule has 0 unspecified atom stereocenters. The number of para-hydroxylation sites is 5. The van der Waals surface area contributed by atoms with Gasteiger partial charge in [-0.2, -0.15) is 10.2 Å². The number of amides is 1. The molecule has 7 N–H and O–H groups in total. The van der Waals surface area contributed by atoms with Crippen molar-refractivity contribution in [2.45, 2.75) is 32.8 Å². The van der Waals surface area contributed by atoms with Crippen molar-refractivity contribution in [2.75, 3.05) is 21.0 Å². The van der Waals surface area contributed by atoms with Crippen LogP contribution in [0.3, 0.4) is 0 Å². The molecule has 0 radical (unpaired) electrons. The van der Waals surface area contributed by atoms with Crippen LogP contribution in [0.15, 0.2) is 287 Å². The second-order valence-corrected chi connectivity index (χ2v) is 23.2. The fourth-order valence-corrected chi connectivity index (χ4v) is 12.5. The van der Waals surface area contributed by atoms with Crippen LogP contribution in [-0.2, 0) is 30.7 Å². The molecule has 456 valence electrons. The van der Waals surface area contributed by atoms with Gasteiger partial charge in [0.05, 0.1) is 33.7 Å². The lowest BCUT2D eigenvalue weighted by Crippen LogP contribution is -2.12. The number of carbonyl (C=O) groups is 1. The third-order valence-electron chi connectivity index (χ3n) is 17.3. The summed E-state index contributed by atoms with van der Waals surface area (Å²) in [7, 11) is 0. The molecule has 2 heterocycles. The van der Waals surface area contributed by atoms with Crippen molar-refractivity contribution in [1.82, 2.24) is 9.97 Å². The van der Waals surface area contributed by atoms with Gasteiger partial charge in [0.25, 0.3) is 5.91 Å². The van der Waals surface area contributed by atoms with E-state index >= 15 is 0 Å². The van der Waals surface area contributed by atoms with Gasteiger partial charge in [-0.25, -0.2) is 0 Å². The summed E-state index contributed by atoms with van der Waals surface area (Å²) >= 11 is 0. The van der Waals surface area contributed by atoms with E-state index in [1.54, 1.807) is 6.07 Å². The summed E-state index contributed by atoms with van der Waals surface area (Å²) in [6.45, 7) is 2.17. The van der Waals surface area contributed by atoms with Crippen LogP contribution < -0.4 is 21.0 Å². The Labute approximate surface area is 541 Å². The Bertz CT molecular complexity index is 5320. The fraction of sp³-hybridized carbons (Fsp3) is 0.0625. The van der Waals surface area contributed by atoms with Crippen molar-refractivity contribution in [3.05, 3.63) is 295 Å². The number of H-pyrrole nitrogens is 2. The number of aryl methyl sites for hydroxylation is 3. The maximum Gasteiger partial charge on any atom is 0.259 e.